The number of hydrogen-bond donors (Lipinski definition) is 0. The molecule has 2 heterocycles. The van der Waals surface area contributed by atoms with Crippen molar-refractivity contribution < 1.29 is 38.0 Å². The second-order valence-corrected chi connectivity index (χ2v) is 4.65. The molecule has 0 amide bonds. The van der Waals surface area contributed by atoms with Gasteiger partial charge in [0.15, 0.2) is 17.2 Å². The number of methoxy groups -OCH3 is 2. The van der Waals surface area contributed by atoms with E-state index in [4.69, 9.17) is 9.47 Å². The third-order valence-corrected chi connectivity index (χ3v) is 3.79. The summed E-state index contributed by atoms with van der Waals surface area (Å²) in [6.07, 6.45) is 3.59. The number of hydrogen-bond acceptors (Lipinski definition) is 2. The minimum atomic E-state index is 0. The van der Waals surface area contributed by atoms with Crippen molar-refractivity contribution in [1.29, 1.82) is 0 Å². The highest BCUT2D eigenvalue weighted by molar-refractivity contribution is 6.00. The quantitative estimate of drug-likeness (QED) is 0.492. The lowest BCUT2D eigenvalue weighted by Crippen LogP contribution is -3.00. The molecular formula is C14H18INO2. The molecule has 0 radical (unpaired) electrons. The van der Waals surface area contributed by atoms with E-state index in [1.54, 1.807) is 14.2 Å². The SMILES string of the molecule is COc1cc2c(cc1OC)C1=[N+](CCC1)CC2.[I-]. The minimum absolute atomic E-state index is 0. The topological polar surface area (TPSA) is 21.5 Å². The van der Waals surface area contributed by atoms with E-state index in [1.165, 1.54) is 36.2 Å². The van der Waals surface area contributed by atoms with Gasteiger partial charge in [-0.2, -0.15) is 0 Å². The Labute approximate surface area is 125 Å². The molecule has 1 aromatic carbocycles. The minimum Gasteiger partial charge on any atom is -1.00 e. The summed E-state index contributed by atoms with van der Waals surface area (Å²) in [5, 5.41) is 0. The Bertz CT molecular complexity index is 497. The molecular weight excluding hydrogens is 341 g/mol. The molecule has 2 aliphatic rings. The summed E-state index contributed by atoms with van der Waals surface area (Å²) in [7, 11) is 3.40. The van der Waals surface area contributed by atoms with Crippen LogP contribution in [0.25, 0.3) is 0 Å². The van der Waals surface area contributed by atoms with Gasteiger partial charge in [-0.25, -0.2) is 4.58 Å². The van der Waals surface area contributed by atoms with E-state index in [0.717, 1.165) is 24.5 Å². The monoisotopic (exact) mass is 359 g/mol. The van der Waals surface area contributed by atoms with E-state index in [2.05, 4.69) is 16.7 Å². The largest absolute Gasteiger partial charge is 1.00 e. The number of halogens is 1. The first kappa shape index (κ1) is 13.6. The van der Waals surface area contributed by atoms with Gasteiger partial charge >= 0.3 is 0 Å². The highest BCUT2D eigenvalue weighted by atomic mass is 127. The molecule has 0 fully saturated rings. The smallest absolute Gasteiger partial charge is 0.183 e. The van der Waals surface area contributed by atoms with Crippen LogP contribution in [0.5, 0.6) is 11.5 Å². The van der Waals surface area contributed by atoms with Gasteiger partial charge in [0.05, 0.1) is 14.2 Å². The number of rotatable bonds is 2. The van der Waals surface area contributed by atoms with Crippen LogP contribution in [-0.4, -0.2) is 37.6 Å². The molecule has 0 unspecified atom stereocenters. The fraction of sp³-hybridized carbons (Fsp3) is 0.500. The van der Waals surface area contributed by atoms with Crippen LogP contribution in [0.15, 0.2) is 12.1 Å². The van der Waals surface area contributed by atoms with E-state index in [1.807, 2.05) is 0 Å². The lowest BCUT2D eigenvalue weighted by Gasteiger charge is -2.17. The Hall–Kier alpha value is -0.780. The van der Waals surface area contributed by atoms with Crippen molar-refractivity contribution in [3.05, 3.63) is 23.3 Å². The zero-order chi connectivity index (χ0) is 11.8. The maximum absolute atomic E-state index is 5.39. The Kier molecular flexibility index (Phi) is 4.14. The van der Waals surface area contributed by atoms with Crippen LogP contribution in [0.1, 0.15) is 24.0 Å². The van der Waals surface area contributed by atoms with E-state index >= 15 is 0 Å². The van der Waals surface area contributed by atoms with Crippen LogP contribution in [-0.2, 0) is 6.42 Å². The van der Waals surface area contributed by atoms with Gasteiger partial charge in [0, 0.05) is 24.8 Å². The first-order valence-electron chi connectivity index (χ1n) is 6.19. The highest BCUT2D eigenvalue weighted by Crippen LogP contribution is 2.33. The highest BCUT2D eigenvalue weighted by Gasteiger charge is 2.30. The first-order chi connectivity index (χ1) is 8.33. The van der Waals surface area contributed by atoms with Crippen molar-refractivity contribution in [3.63, 3.8) is 0 Å². The third-order valence-electron chi connectivity index (χ3n) is 3.79. The van der Waals surface area contributed by atoms with Gasteiger partial charge in [-0.3, -0.25) is 0 Å². The van der Waals surface area contributed by atoms with E-state index < -0.39 is 0 Å². The Balaban J connectivity index is 0.00000120. The number of benzene rings is 1. The van der Waals surface area contributed by atoms with Crippen molar-refractivity contribution in [2.24, 2.45) is 0 Å². The Morgan fingerprint density at radius 2 is 1.72 bits per heavy atom. The summed E-state index contributed by atoms with van der Waals surface area (Å²) in [6.45, 7) is 2.36. The molecule has 4 heteroatoms. The standard InChI is InChI=1S/C14H18NO2.HI/c1-16-13-8-10-5-7-15-6-3-4-12(15)11(10)9-14(13)17-2;/h8-9H,3-7H2,1-2H3;1H/q+1;/p-1. The molecule has 0 aliphatic carbocycles. The average molecular weight is 359 g/mol. The van der Waals surface area contributed by atoms with Gasteiger partial charge in [0.2, 0.25) is 0 Å². The third kappa shape index (κ3) is 2.11. The van der Waals surface area contributed by atoms with Gasteiger partial charge in [-0.05, 0) is 17.7 Å². The lowest BCUT2D eigenvalue weighted by atomic mass is 9.95. The molecule has 0 N–H and O–H groups in total. The van der Waals surface area contributed by atoms with Crippen LogP contribution in [0.4, 0.5) is 0 Å². The van der Waals surface area contributed by atoms with Crippen LogP contribution < -0.4 is 33.5 Å². The summed E-state index contributed by atoms with van der Waals surface area (Å²) in [5.74, 6) is 1.69. The molecule has 0 atom stereocenters. The number of ether oxygens (including phenoxy) is 2. The molecule has 1 aromatic rings. The van der Waals surface area contributed by atoms with Crippen LogP contribution in [0.3, 0.4) is 0 Å². The second-order valence-electron chi connectivity index (χ2n) is 4.65. The molecule has 18 heavy (non-hydrogen) atoms. The molecule has 3 nitrogen and oxygen atoms in total. The van der Waals surface area contributed by atoms with Crippen molar-refractivity contribution >= 4 is 5.71 Å². The van der Waals surface area contributed by atoms with Crippen LogP contribution in [0, 0.1) is 0 Å². The molecule has 2 aliphatic heterocycles. The average Bonchev–Trinajstić information content (AvgIpc) is 2.85. The zero-order valence-electron chi connectivity index (χ0n) is 10.8. The summed E-state index contributed by atoms with van der Waals surface area (Å²) in [5.41, 5.74) is 4.26. The number of nitrogens with zero attached hydrogens (tertiary/aromatic N) is 1. The maximum atomic E-state index is 5.39. The predicted molar refractivity (Wildman–Crippen MR) is 66.6 cm³/mol. The Morgan fingerprint density at radius 3 is 2.44 bits per heavy atom. The maximum Gasteiger partial charge on any atom is 0.183 e. The van der Waals surface area contributed by atoms with Crippen LogP contribution >= 0.6 is 0 Å². The normalized spacial score (nSPS) is 16.8. The van der Waals surface area contributed by atoms with Crippen molar-refractivity contribution in [3.8, 4) is 11.5 Å². The molecule has 0 saturated carbocycles. The molecule has 0 saturated heterocycles. The fourth-order valence-electron chi connectivity index (χ4n) is 2.93. The predicted octanol–water partition coefficient (Wildman–Crippen LogP) is -1.14. The van der Waals surface area contributed by atoms with Crippen molar-refractivity contribution in [2.45, 2.75) is 19.3 Å². The van der Waals surface area contributed by atoms with Gasteiger partial charge < -0.3 is 33.5 Å². The molecule has 0 spiro atoms. The molecule has 3 rings (SSSR count). The van der Waals surface area contributed by atoms with Gasteiger partial charge in [0.25, 0.3) is 0 Å². The number of fused-ring (bicyclic) bond motifs is 2. The summed E-state index contributed by atoms with van der Waals surface area (Å²) < 4.78 is 13.3. The van der Waals surface area contributed by atoms with Crippen molar-refractivity contribution in [2.75, 3.05) is 27.3 Å². The fourth-order valence-corrected chi connectivity index (χ4v) is 2.93. The summed E-state index contributed by atoms with van der Waals surface area (Å²) >= 11 is 0. The van der Waals surface area contributed by atoms with Gasteiger partial charge in [-0.15, -0.1) is 0 Å². The molecule has 0 aromatic heterocycles. The summed E-state index contributed by atoms with van der Waals surface area (Å²) in [4.78, 5) is 0. The van der Waals surface area contributed by atoms with Crippen molar-refractivity contribution in [1.82, 2.24) is 0 Å². The van der Waals surface area contributed by atoms with Crippen LogP contribution in [0.2, 0.25) is 0 Å². The molecule has 98 valence electrons. The molecule has 0 bridgehead atoms. The lowest BCUT2D eigenvalue weighted by molar-refractivity contribution is -0.520. The van der Waals surface area contributed by atoms with E-state index in [-0.39, 0.29) is 24.0 Å². The summed E-state index contributed by atoms with van der Waals surface area (Å²) in [6, 6.07) is 4.28. The van der Waals surface area contributed by atoms with Gasteiger partial charge in [-0.1, -0.05) is 0 Å². The zero-order valence-corrected chi connectivity index (χ0v) is 13.0. The second kappa shape index (κ2) is 5.47. The first-order valence-corrected chi connectivity index (χ1v) is 6.19. The van der Waals surface area contributed by atoms with E-state index in [9.17, 15) is 0 Å². The Morgan fingerprint density at radius 1 is 1.00 bits per heavy atom. The van der Waals surface area contributed by atoms with Gasteiger partial charge in [0.1, 0.15) is 13.1 Å². The van der Waals surface area contributed by atoms with E-state index in [0.29, 0.717) is 0 Å².